The van der Waals surface area contributed by atoms with Gasteiger partial charge in [0.05, 0.1) is 0 Å². The average molecular weight is 234 g/mol. The largest absolute Gasteiger partial charge is 0.303 e. The van der Waals surface area contributed by atoms with Gasteiger partial charge >= 0.3 is 0 Å². The number of rotatable bonds is 4. The SMILES string of the molecule is CC(=O)c1ccc(CC(C)C)cc1.CCC=O. The second-order valence-corrected chi connectivity index (χ2v) is 4.43. The van der Waals surface area contributed by atoms with E-state index in [-0.39, 0.29) is 5.78 Å². The molecule has 1 aromatic carbocycles. The molecule has 0 aliphatic carbocycles. The van der Waals surface area contributed by atoms with Crippen molar-refractivity contribution in [3.63, 3.8) is 0 Å². The fraction of sp³-hybridized carbons (Fsp3) is 0.467. The summed E-state index contributed by atoms with van der Waals surface area (Å²) < 4.78 is 0. The fourth-order valence-electron chi connectivity index (χ4n) is 1.35. The highest BCUT2D eigenvalue weighted by Crippen LogP contribution is 2.09. The Morgan fingerprint density at radius 1 is 1.24 bits per heavy atom. The Morgan fingerprint density at radius 3 is 2.00 bits per heavy atom. The van der Waals surface area contributed by atoms with Crippen molar-refractivity contribution in [2.75, 3.05) is 0 Å². The molecule has 0 bridgehead atoms. The maximum absolute atomic E-state index is 11.0. The Morgan fingerprint density at radius 2 is 1.71 bits per heavy atom. The van der Waals surface area contributed by atoms with E-state index in [0.29, 0.717) is 12.3 Å². The molecule has 0 radical (unpaired) electrons. The molecule has 0 aliphatic rings. The van der Waals surface area contributed by atoms with Crippen molar-refractivity contribution in [2.24, 2.45) is 5.92 Å². The van der Waals surface area contributed by atoms with Gasteiger partial charge in [-0.1, -0.05) is 45.0 Å². The third-order valence-electron chi connectivity index (χ3n) is 2.17. The first-order valence-corrected chi connectivity index (χ1v) is 6.04. The highest BCUT2D eigenvalue weighted by Gasteiger charge is 2.00. The molecule has 0 aliphatic heterocycles. The van der Waals surface area contributed by atoms with Crippen molar-refractivity contribution in [2.45, 2.75) is 40.5 Å². The minimum Gasteiger partial charge on any atom is -0.303 e. The lowest BCUT2D eigenvalue weighted by atomic mass is 10.0. The molecular formula is C15H22O2. The monoisotopic (exact) mass is 234 g/mol. The lowest BCUT2D eigenvalue weighted by Crippen LogP contribution is -1.96. The van der Waals surface area contributed by atoms with Crippen LogP contribution in [0.5, 0.6) is 0 Å². The van der Waals surface area contributed by atoms with E-state index >= 15 is 0 Å². The van der Waals surface area contributed by atoms with Crippen LogP contribution in [0.15, 0.2) is 24.3 Å². The summed E-state index contributed by atoms with van der Waals surface area (Å²) in [4.78, 5) is 20.2. The summed E-state index contributed by atoms with van der Waals surface area (Å²) in [5, 5.41) is 0. The molecule has 0 saturated carbocycles. The Bertz CT molecular complexity index is 336. The van der Waals surface area contributed by atoms with Gasteiger partial charge in [-0.2, -0.15) is 0 Å². The highest BCUT2D eigenvalue weighted by molar-refractivity contribution is 5.93. The van der Waals surface area contributed by atoms with Crippen molar-refractivity contribution in [1.82, 2.24) is 0 Å². The van der Waals surface area contributed by atoms with E-state index < -0.39 is 0 Å². The Hall–Kier alpha value is -1.44. The number of benzene rings is 1. The quantitative estimate of drug-likeness (QED) is 0.588. The van der Waals surface area contributed by atoms with Crippen LogP contribution in [0, 0.1) is 5.92 Å². The molecule has 1 aromatic rings. The molecule has 0 saturated heterocycles. The molecule has 0 aromatic heterocycles. The standard InChI is InChI=1S/C12H16O.C3H6O/c1-9(2)8-11-4-6-12(7-5-11)10(3)13;1-2-3-4/h4-7,9H,8H2,1-3H3;3H,2H2,1H3. The zero-order valence-electron chi connectivity index (χ0n) is 11.2. The van der Waals surface area contributed by atoms with Gasteiger partial charge in [0.1, 0.15) is 6.29 Å². The maximum atomic E-state index is 11.0. The number of ketones is 1. The van der Waals surface area contributed by atoms with Crippen LogP contribution in [0.2, 0.25) is 0 Å². The molecule has 0 spiro atoms. The van der Waals surface area contributed by atoms with Crippen LogP contribution in [-0.2, 0) is 11.2 Å². The number of carbonyl (C=O) groups excluding carboxylic acids is 2. The van der Waals surface area contributed by atoms with Gasteiger partial charge in [0.25, 0.3) is 0 Å². The van der Waals surface area contributed by atoms with Crippen LogP contribution >= 0.6 is 0 Å². The van der Waals surface area contributed by atoms with Crippen molar-refractivity contribution < 1.29 is 9.59 Å². The van der Waals surface area contributed by atoms with Crippen molar-refractivity contribution in [3.8, 4) is 0 Å². The molecule has 0 atom stereocenters. The topological polar surface area (TPSA) is 34.1 Å². The number of Topliss-reactive ketones (excluding diaryl/α,β-unsaturated/α-hetero) is 1. The molecule has 94 valence electrons. The Labute approximate surface area is 104 Å². The Balaban J connectivity index is 0.000000557. The van der Waals surface area contributed by atoms with Crippen molar-refractivity contribution >= 4 is 12.1 Å². The summed E-state index contributed by atoms with van der Waals surface area (Å²) in [6.45, 7) is 7.79. The minimum atomic E-state index is 0.135. The molecule has 0 amide bonds. The predicted octanol–water partition coefficient (Wildman–Crippen LogP) is 3.68. The van der Waals surface area contributed by atoms with Gasteiger partial charge in [-0.05, 0) is 24.8 Å². The van der Waals surface area contributed by atoms with Gasteiger partial charge in [0.15, 0.2) is 5.78 Å². The van der Waals surface area contributed by atoms with E-state index in [9.17, 15) is 9.59 Å². The highest BCUT2D eigenvalue weighted by atomic mass is 16.1. The van der Waals surface area contributed by atoms with Crippen molar-refractivity contribution in [3.05, 3.63) is 35.4 Å². The average Bonchev–Trinajstić information content (AvgIpc) is 2.29. The van der Waals surface area contributed by atoms with Crippen LogP contribution < -0.4 is 0 Å². The van der Waals surface area contributed by atoms with E-state index in [1.807, 2.05) is 31.2 Å². The van der Waals surface area contributed by atoms with E-state index in [0.717, 1.165) is 18.3 Å². The molecule has 1 rings (SSSR count). The second kappa shape index (κ2) is 8.68. The van der Waals surface area contributed by atoms with Crippen LogP contribution in [0.25, 0.3) is 0 Å². The molecular weight excluding hydrogens is 212 g/mol. The zero-order chi connectivity index (χ0) is 13.3. The number of carbonyl (C=O) groups is 2. The summed E-state index contributed by atoms with van der Waals surface area (Å²) in [5.41, 5.74) is 2.10. The summed E-state index contributed by atoms with van der Waals surface area (Å²) in [5.74, 6) is 0.805. The van der Waals surface area contributed by atoms with Gasteiger partial charge in [-0.25, -0.2) is 0 Å². The predicted molar refractivity (Wildman–Crippen MR) is 71.3 cm³/mol. The summed E-state index contributed by atoms with van der Waals surface area (Å²) in [6.07, 6.45) is 2.60. The second-order valence-electron chi connectivity index (χ2n) is 4.43. The molecule has 17 heavy (non-hydrogen) atoms. The summed E-state index contributed by atoms with van der Waals surface area (Å²) in [7, 11) is 0. The maximum Gasteiger partial charge on any atom is 0.159 e. The molecule has 2 heteroatoms. The van der Waals surface area contributed by atoms with E-state index in [4.69, 9.17) is 0 Å². The molecule has 2 nitrogen and oxygen atoms in total. The first-order chi connectivity index (χ1) is 8.01. The van der Waals surface area contributed by atoms with Crippen LogP contribution in [-0.4, -0.2) is 12.1 Å². The van der Waals surface area contributed by atoms with E-state index in [1.54, 1.807) is 6.92 Å². The van der Waals surface area contributed by atoms with Crippen molar-refractivity contribution in [1.29, 1.82) is 0 Å². The fourth-order valence-corrected chi connectivity index (χ4v) is 1.35. The zero-order valence-corrected chi connectivity index (χ0v) is 11.2. The molecule has 0 fully saturated rings. The Kier molecular flexibility index (Phi) is 7.95. The van der Waals surface area contributed by atoms with Gasteiger partial charge in [-0.3, -0.25) is 4.79 Å². The van der Waals surface area contributed by atoms with Crippen LogP contribution in [0.3, 0.4) is 0 Å². The van der Waals surface area contributed by atoms with Crippen LogP contribution in [0.4, 0.5) is 0 Å². The van der Waals surface area contributed by atoms with Gasteiger partial charge in [0.2, 0.25) is 0 Å². The minimum absolute atomic E-state index is 0.135. The summed E-state index contributed by atoms with van der Waals surface area (Å²) in [6, 6.07) is 7.88. The van der Waals surface area contributed by atoms with Gasteiger partial charge in [-0.15, -0.1) is 0 Å². The lowest BCUT2D eigenvalue weighted by molar-refractivity contribution is -0.107. The molecule has 0 unspecified atom stereocenters. The van der Waals surface area contributed by atoms with Crippen LogP contribution in [0.1, 0.15) is 50.0 Å². The number of hydrogen-bond acceptors (Lipinski definition) is 2. The lowest BCUT2D eigenvalue weighted by Gasteiger charge is -2.04. The van der Waals surface area contributed by atoms with E-state index in [2.05, 4.69) is 13.8 Å². The number of aldehydes is 1. The first-order valence-electron chi connectivity index (χ1n) is 6.04. The third-order valence-corrected chi connectivity index (χ3v) is 2.17. The molecule has 0 heterocycles. The smallest absolute Gasteiger partial charge is 0.159 e. The summed E-state index contributed by atoms with van der Waals surface area (Å²) >= 11 is 0. The van der Waals surface area contributed by atoms with E-state index in [1.165, 1.54) is 5.56 Å². The van der Waals surface area contributed by atoms with Gasteiger partial charge in [0, 0.05) is 12.0 Å². The molecule has 0 N–H and O–H groups in total. The third kappa shape index (κ3) is 7.45. The number of hydrogen-bond donors (Lipinski definition) is 0. The normalized spacial score (nSPS) is 9.47. The van der Waals surface area contributed by atoms with Gasteiger partial charge < -0.3 is 4.79 Å². The first kappa shape index (κ1) is 15.6.